The van der Waals surface area contributed by atoms with Crippen LogP contribution in [0.25, 0.3) is 0 Å². The summed E-state index contributed by atoms with van der Waals surface area (Å²) < 4.78 is 28.1. The second-order valence-corrected chi connectivity index (χ2v) is 8.82. The highest BCUT2D eigenvalue weighted by atomic mass is 127. The average Bonchev–Trinajstić information content (AvgIpc) is 3.06. The van der Waals surface area contributed by atoms with Crippen molar-refractivity contribution >= 4 is 40.3 Å². The number of nitrogens with zero attached hydrogens (tertiary/aromatic N) is 3. The Morgan fingerprint density at radius 1 is 1.41 bits per heavy atom. The van der Waals surface area contributed by atoms with E-state index in [1.807, 2.05) is 0 Å². The number of aromatic nitrogens is 2. The highest BCUT2D eigenvalue weighted by Crippen LogP contribution is 2.33. The van der Waals surface area contributed by atoms with Gasteiger partial charge in [0, 0.05) is 58.2 Å². The summed E-state index contributed by atoms with van der Waals surface area (Å²) in [5, 5.41) is 2.37. The van der Waals surface area contributed by atoms with E-state index in [0.717, 1.165) is 22.6 Å². The summed E-state index contributed by atoms with van der Waals surface area (Å²) in [5.74, 6) is -1.50. The molecule has 2 aromatic heterocycles. The average molecular weight is 559 g/mol. The number of fused-ring (bicyclic) bond motifs is 1. The first-order valence-corrected chi connectivity index (χ1v) is 10.6. The maximum absolute atomic E-state index is 13.0. The zero-order valence-corrected chi connectivity index (χ0v) is 19.4. The third kappa shape index (κ3) is 5.29. The number of aryl methyl sites for hydroxylation is 1. The minimum atomic E-state index is -3.01. The zero-order valence-electron chi connectivity index (χ0n) is 17.2. The Morgan fingerprint density at radius 3 is 2.75 bits per heavy atom. The van der Waals surface area contributed by atoms with Crippen molar-refractivity contribution in [3.63, 3.8) is 0 Å². The van der Waals surface area contributed by atoms with E-state index in [2.05, 4.69) is 15.3 Å². The van der Waals surface area contributed by atoms with Crippen molar-refractivity contribution < 1.29 is 27.9 Å². The molecular formula is C20H20F2IN5O4. The summed E-state index contributed by atoms with van der Waals surface area (Å²) in [6.07, 6.45) is 2.82. The van der Waals surface area contributed by atoms with Gasteiger partial charge in [0.15, 0.2) is 6.61 Å². The van der Waals surface area contributed by atoms with Gasteiger partial charge in [0.1, 0.15) is 5.69 Å². The second-order valence-electron chi connectivity index (χ2n) is 7.24. The van der Waals surface area contributed by atoms with Gasteiger partial charge in [-0.05, 0) is 31.5 Å². The van der Waals surface area contributed by atoms with Crippen LogP contribution >= 0.6 is 22.6 Å². The van der Waals surface area contributed by atoms with E-state index in [-0.39, 0.29) is 30.6 Å². The predicted octanol–water partition coefficient (Wildman–Crippen LogP) is 2.12. The van der Waals surface area contributed by atoms with Crippen molar-refractivity contribution in [3.05, 3.63) is 52.5 Å². The van der Waals surface area contributed by atoms with Gasteiger partial charge in [0.25, 0.3) is 11.8 Å². The molecule has 3 amide bonds. The summed E-state index contributed by atoms with van der Waals surface area (Å²) in [6.45, 7) is 2.45. The maximum Gasteiger partial charge on any atom is 0.329 e. The number of carbonyl (C=O) groups is 3. The lowest BCUT2D eigenvalue weighted by Gasteiger charge is -2.25. The fourth-order valence-corrected chi connectivity index (χ4v) is 3.46. The van der Waals surface area contributed by atoms with Gasteiger partial charge in [-0.25, -0.2) is 4.98 Å². The molecule has 32 heavy (non-hydrogen) atoms. The third-order valence-electron chi connectivity index (χ3n) is 4.89. The Morgan fingerprint density at radius 2 is 2.12 bits per heavy atom. The Kier molecular flexibility index (Phi) is 6.91. The summed E-state index contributed by atoms with van der Waals surface area (Å²) in [6, 6.07) is 2.82. The highest BCUT2D eigenvalue weighted by molar-refractivity contribution is 14.1. The molecule has 2 aromatic rings. The summed E-state index contributed by atoms with van der Waals surface area (Å²) >= 11 is 0.989. The molecule has 12 heteroatoms. The number of hydrogen-bond acceptors (Lipinski definition) is 6. The number of halogens is 3. The van der Waals surface area contributed by atoms with Crippen LogP contribution in [0.4, 0.5) is 8.78 Å². The zero-order chi connectivity index (χ0) is 23.6. The number of rotatable bonds is 8. The molecular weight excluding hydrogens is 539 g/mol. The van der Waals surface area contributed by atoms with E-state index in [9.17, 15) is 23.2 Å². The lowest BCUT2D eigenvalue weighted by Crippen LogP contribution is -2.34. The smallest absolute Gasteiger partial charge is 0.329 e. The lowest BCUT2D eigenvalue weighted by molar-refractivity contribution is -0.117. The van der Waals surface area contributed by atoms with Crippen molar-refractivity contribution in [2.24, 2.45) is 5.73 Å². The fourth-order valence-electron chi connectivity index (χ4n) is 3.30. The van der Waals surface area contributed by atoms with E-state index >= 15 is 0 Å². The molecule has 9 nitrogen and oxygen atoms in total. The third-order valence-corrected chi connectivity index (χ3v) is 5.20. The van der Waals surface area contributed by atoms with Crippen LogP contribution in [-0.4, -0.2) is 49.7 Å². The molecule has 0 spiro atoms. The van der Waals surface area contributed by atoms with Crippen molar-refractivity contribution in [1.29, 1.82) is 0 Å². The first kappa shape index (κ1) is 23.8. The van der Waals surface area contributed by atoms with E-state index in [4.69, 9.17) is 10.5 Å². The second kappa shape index (κ2) is 9.30. The topological polar surface area (TPSA) is 128 Å². The number of primary amides is 1. The molecule has 0 fully saturated rings. The Balaban J connectivity index is 1.79. The quantitative estimate of drug-likeness (QED) is 0.377. The molecule has 3 N–H and O–H groups in total. The van der Waals surface area contributed by atoms with Gasteiger partial charge >= 0.3 is 3.93 Å². The van der Waals surface area contributed by atoms with E-state index in [1.165, 1.54) is 18.5 Å². The molecule has 1 atom stereocenters. The minimum Gasteiger partial charge on any atom is -0.470 e. The minimum absolute atomic E-state index is 0.0459. The van der Waals surface area contributed by atoms with E-state index in [1.54, 1.807) is 24.8 Å². The summed E-state index contributed by atoms with van der Waals surface area (Å²) in [4.78, 5) is 46.0. The Bertz CT molecular complexity index is 1080. The van der Waals surface area contributed by atoms with Gasteiger partial charge in [0.05, 0.1) is 12.6 Å². The van der Waals surface area contributed by atoms with Crippen LogP contribution in [0, 0.1) is 6.92 Å². The van der Waals surface area contributed by atoms with Gasteiger partial charge < -0.3 is 20.7 Å². The van der Waals surface area contributed by atoms with E-state index < -0.39 is 28.4 Å². The molecule has 0 bridgehead atoms. The Hall–Kier alpha value is -2.90. The first-order valence-electron chi connectivity index (χ1n) is 9.49. The molecule has 1 aliphatic rings. The molecule has 0 saturated carbocycles. The van der Waals surface area contributed by atoms with Crippen LogP contribution in [0.3, 0.4) is 0 Å². The number of alkyl halides is 3. The first-order chi connectivity index (χ1) is 15.0. The predicted molar refractivity (Wildman–Crippen MR) is 117 cm³/mol. The lowest BCUT2D eigenvalue weighted by atomic mass is 10.1. The molecule has 1 unspecified atom stereocenters. The van der Waals surface area contributed by atoms with Crippen LogP contribution in [0.5, 0.6) is 5.88 Å². The van der Waals surface area contributed by atoms with Gasteiger partial charge in [-0.15, -0.1) is 0 Å². The van der Waals surface area contributed by atoms with Crippen LogP contribution in [0.2, 0.25) is 0 Å². The number of ether oxygens (including phenoxy) is 1. The van der Waals surface area contributed by atoms with Crippen molar-refractivity contribution in [2.45, 2.75) is 30.4 Å². The summed E-state index contributed by atoms with van der Waals surface area (Å²) in [5.41, 5.74) is 7.10. The largest absolute Gasteiger partial charge is 0.470 e. The number of nitrogens with two attached hydrogens (primary N) is 1. The monoisotopic (exact) mass is 559 g/mol. The van der Waals surface area contributed by atoms with Gasteiger partial charge in [0.2, 0.25) is 11.8 Å². The van der Waals surface area contributed by atoms with Crippen molar-refractivity contribution in [1.82, 2.24) is 20.2 Å². The molecule has 3 heterocycles. The number of amides is 3. The van der Waals surface area contributed by atoms with Crippen LogP contribution in [-0.2, 0) is 11.3 Å². The number of nitrogens with one attached hydrogen (secondary N) is 1. The number of pyridine rings is 2. The fraction of sp³-hybridized carbons (Fsp3) is 0.350. The maximum atomic E-state index is 13.0. The highest BCUT2D eigenvalue weighted by Gasteiger charge is 2.35. The molecule has 3 rings (SSSR count). The SMILES string of the molecule is Cc1cc(C(C)N2Cc3c(ccnc3C(=O)NCC(N)=O)C2=O)cnc1OCC(F)(F)I. The normalized spacial score (nSPS) is 14.2. The van der Waals surface area contributed by atoms with Crippen molar-refractivity contribution in [3.8, 4) is 5.88 Å². The van der Waals surface area contributed by atoms with E-state index in [0.29, 0.717) is 22.3 Å². The Labute approximate surface area is 195 Å². The van der Waals surface area contributed by atoms with Crippen LogP contribution in [0.15, 0.2) is 24.5 Å². The standard InChI is InChI=1S/C20H20F2IN5O4/c1-10-5-12(6-27-18(10)32-9-20(21,22)23)11(2)28-8-14-13(19(28)31)3-4-25-16(14)17(30)26-7-15(24)29/h3-6,11H,7-9H2,1-2H3,(H2,24,29)(H,26,30). The number of carbonyl (C=O) groups excluding carboxylic acids is 3. The molecule has 0 radical (unpaired) electrons. The van der Waals surface area contributed by atoms with Crippen molar-refractivity contribution in [2.75, 3.05) is 13.2 Å². The van der Waals surface area contributed by atoms with Crippen LogP contribution < -0.4 is 15.8 Å². The molecule has 0 aromatic carbocycles. The van der Waals surface area contributed by atoms with Gasteiger partial charge in [-0.1, -0.05) is 0 Å². The molecule has 0 saturated heterocycles. The molecule has 170 valence electrons. The number of hydrogen-bond donors (Lipinski definition) is 2. The van der Waals surface area contributed by atoms with Crippen LogP contribution in [0.1, 0.15) is 50.5 Å². The molecule has 0 aliphatic carbocycles. The van der Waals surface area contributed by atoms with Gasteiger partial charge in [-0.3, -0.25) is 19.4 Å². The van der Waals surface area contributed by atoms with Gasteiger partial charge in [-0.2, -0.15) is 8.78 Å². The summed E-state index contributed by atoms with van der Waals surface area (Å²) in [7, 11) is 0. The molecule has 1 aliphatic heterocycles.